The molecule has 0 aliphatic carbocycles. The smallest absolute Gasteiger partial charge is 0.177 e. The average Bonchev–Trinajstić information content (AvgIpc) is 2.70. The lowest BCUT2D eigenvalue weighted by Crippen LogP contribution is -2.01. The van der Waals surface area contributed by atoms with Crippen LogP contribution in [0.2, 0.25) is 0 Å². The molecule has 0 saturated heterocycles. The molecule has 2 rings (SSSR count). The molecule has 0 radical (unpaired) electrons. The molecule has 4 heteroatoms. The maximum Gasteiger partial charge on any atom is 0.177 e. The topological polar surface area (TPSA) is 17.1 Å². The second-order valence-corrected chi connectivity index (χ2v) is 7.95. The van der Waals surface area contributed by atoms with Gasteiger partial charge in [-0.25, -0.2) is 0 Å². The highest BCUT2D eigenvalue weighted by molar-refractivity contribution is 9.13. The quantitative estimate of drug-likeness (QED) is 0.589. The molecule has 1 aromatic carbocycles. The van der Waals surface area contributed by atoms with E-state index in [2.05, 4.69) is 57.8 Å². The predicted octanol–water partition coefficient (Wildman–Crippen LogP) is 5.82. The number of hydrogen-bond donors (Lipinski definition) is 0. The first-order valence-corrected chi connectivity index (χ1v) is 8.44. The molecule has 1 heterocycles. The molecular formula is C15H14Br2OS. The Balaban J connectivity index is 2.10. The summed E-state index contributed by atoms with van der Waals surface area (Å²) in [6, 6.07) is 10.2. The van der Waals surface area contributed by atoms with Crippen LogP contribution >= 0.6 is 43.2 Å². The van der Waals surface area contributed by atoms with Crippen molar-refractivity contribution < 1.29 is 4.79 Å². The molecule has 0 amide bonds. The summed E-state index contributed by atoms with van der Waals surface area (Å²) >= 11 is 8.29. The van der Waals surface area contributed by atoms with Crippen molar-refractivity contribution in [1.29, 1.82) is 0 Å². The SMILES string of the molecule is CC(C)c1ccc(CC(=O)c2cc(Br)c(Br)s2)cc1. The van der Waals surface area contributed by atoms with E-state index in [1.807, 2.05) is 18.2 Å². The molecule has 0 spiro atoms. The van der Waals surface area contributed by atoms with Crippen LogP contribution in [0.3, 0.4) is 0 Å². The van der Waals surface area contributed by atoms with Gasteiger partial charge in [0.1, 0.15) is 0 Å². The summed E-state index contributed by atoms with van der Waals surface area (Å²) < 4.78 is 1.90. The van der Waals surface area contributed by atoms with Crippen molar-refractivity contribution in [3.05, 3.63) is 54.6 Å². The van der Waals surface area contributed by atoms with E-state index in [9.17, 15) is 4.79 Å². The fourth-order valence-corrected chi connectivity index (χ4v) is 3.75. The highest BCUT2D eigenvalue weighted by Crippen LogP contribution is 2.33. The lowest BCUT2D eigenvalue weighted by Gasteiger charge is -2.06. The first kappa shape index (κ1) is 14.9. The van der Waals surface area contributed by atoms with E-state index in [1.54, 1.807) is 0 Å². The zero-order chi connectivity index (χ0) is 14.0. The summed E-state index contributed by atoms with van der Waals surface area (Å²) in [7, 11) is 0. The van der Waals surface area contributed by atoms with Crippen LogP contribution in [0.1, 0.15) is 40.6 Å². The van der Waals surface area contributed by atoms with Crippen LogP contribution in [0, 0.1) is 0 Å². The Hall–Kier alpha value is -0.450. The fourth-order valence-electron chi connectivity index (χ4n) is 1.78. The van der Waals surface area contributed by atoms with E-state index >= 15 is 0 Å². The van der Waals surface area contributed by atoms with Crippen molar-refractivity contribution >= 4 is 49.0 Å². The monoisotopic (exact) mass is 400 g/mol. The van der Waals surface area contributed by atoms with Gasteiger partial charge in [-0.05, 0) is 55.0 Å². The highest BCUT2D eigenvalue weighted by Gasteiger charge is 2.12. The molecule has 2 aromatic rings. The third-order valence-corrected chi connectivity index (χ3v) is 6.23. The van der Waals surface area contributed by atoms with Gasteiger partial charge < -0.3 is 0 Å². The number of Topliss-reactive ketones (excluding diaryl/α,β-unsaturated/α-hetero) is 1. The van der Waals surface area contributed by atoms with Gasteiger partial charge in [-0.2, -0.15) is 0 Å². The highest BCUT2D eigenvalue weighted by atomic mass is 79.9. The number of thiophene rings is 1. The summed E-state index contributed by atoms with van der Waals surface area (Å²) in [5.41, 5.74) is 2.37. The van der Waals surface area contributed by atoms with E-state index in [4.69, 9.17) is 0 Å². The van der Waals surface area contributed by atoms with Crippen molar-refractivity contribution in [3.8, 4) is 0 Å². The number of hydrogen-bond acceptors (Lipinski definition) is 2. The maximum atomic E-state index is 12.2. The Labute approximate surface area is 134 Å². The standard InChI is InChI=1S/C15H14Br2OS/c1-9(2)11-5-3-10(4-6-11)7-13(18)14-8-12(16)15(17)19-14/h3-6,8-9H,7H2,1-2H3. The third kappa shape index (κ3) is 3.77. The minimum absolute atomic E-state index is 0.161. The van der Waals surface area contributed by atoms with E-state index < -0.39 is 0 Å². The molecule has 0 aliphatic heterocycles. The predicted molar refractivity (Wildman–Crippen MR) is 88.3 cm³/mol. The summed E-state index contributed by atoms with van der Waals surface area (Å²) in [5, 5.41) is 0. The second kappa shape index (κ2) is 6.33. The minimum atomic E-state index is 0.161. The second-order valence-electron chi connectivity index (χ2n) is 4.73. The van der Waals surface area contributed by atoms with Crippen LogP contribution in [0.25, 0.3) is 0 Å². The molecule has 0 unspecified atom stereocenters. The van der Waals surface area contributed by atoms with E-state index in [-0.39, 0.29) is 5.78 Å². The van der Waals surface area contributed by atoms with Gasteiger partial charge in [-0.1, -0.05) is 38.1 Å². The molecular weight excluding hydrogens is 388 g/mol. The third-order valence-electron chi connectivity index (χ3n) is 2.93. The van der Waals surface area contributed by atoms with Gasteiger partial charge in [0.05, 0.1) is 8.66 Å². The van der Waals surface area contributed by atoms with Crippen molar-refractivity contribution in [3.63, 3.8) is 0 Å². The first-order chi connectivity index (χ1) is 8.97. The number of halogens is 2. The summed E-state index contributed by atoms with van der Waals surface area (Å²) in [4.78, 5) is 13.0. The lowest BCUT2D eigenvalue weighted by molar-refractivity contribution is 0.0997. The minimum Gasteiger partial charge on any atom is -0.293 e. The fraction of sp³-hybridized carbons (Fsp3) is 0.267. The van der Waals surface area contributed by atoms with Crippen molar-refractivity contribution in [2.75, 3.05) is 0 Å². The molecule has 0 atom stereocenters. The van der Waals surface area contributed by atoms with E-state index in [0.29, 0.717) is 12.3 Å². The molecule has 0 fully saturated rings. The van der Waals surface area contributed by atoms with Crippen molar-refractivity contribution in [2.24, 2.45) is 0 Å². The largest absolute Gasteiger partial charge is 0.293 e. The van der Waals surface area contributed by atoms with Crippen LogP contribution in [-0.4, -0.2) is 5.78 Å². The Kier molecular flexibility index (Phi) is 4.98. The van der Waals surface area contributed by atoms with Gasteiger partial charge in [0, 0.05) is 10.9 Å². The zero-order valence-electron chi connectivity index (χ0n) is 10.7. The summed E-state index contributed by atoms with van der Waals surface area (Å²) in [5.74, 6) is 0.683. The number of benzene rings is 1. The number of rotatable bonds is 4. The van der Waals surface area contributed by atoms with Crippen molar-refractivity contribution in [1.82, 2.24) is 0 Å². The normalized spacial score (nSPS) is 11.0. The molecule has 0 saturated carbocycles. The Morgan fingerprint density at radius 3 is 2.32 bits per heavy atom. The Morgan fingerprint density at radius 2 is 1.84 bits per heavy atom. The van der Waals surface area contributed by atoms with E-state index in [1.165, 1.54) is 16.9 Å². The van der Waals surface area contributed by atoms with Gasteiger partial charge in [0.15, 0.2) is 5.78 Å². The van der Waals surface area contributed by atoms with Gasteiger partial charge in [0.25, 0.3) is 0 Å². The summed E-state index contributed by atoms with van der Waals surface area (Å²) in [6.07, 6.45) is 0.456. The Bertz CT molecular complexity index is 565. The van der Waals surface area contributed by atoms with Gasteiger partial charge in [0.2, 0.25) is 0 Å². The van der Waals surface area contributed by atoms with E-state index in [0.717, 1.165) is 18.7 Å². The van der Waals surface area contributed by atoms with Crippen LogP contribution in [0.5, 0.6) is 0 Å². The van der Waals surface area contributed by atoms with Crippen LogP contribution < -0.4 is 0 Å². The zero-order valence-corrected chi connectivity index (χ0v) is 14.7. The molecule has 1 aromatic heterocycles. The van der Waals surface area contributed by atoms with Gasteiger partial charge in [-0.3, -0.25) is 4.79 Å². The van der Waals surface area contributed by atoms with Crippen LogP contribution in [0.4, 0.5) is 0 Å². The molecule has 1 nitrogen and oxygen atoms in total. The molecule has 0 bridgehead atoms. The van der Waals surface area contributed by atoms with Crippen molar-refractivity contribution in [2.45, 2.75) is 26.2 Å². The lowest BCUT2D eigenvalue weighted by atomic mass is 10.00. The van der Waals surface area contributed by atoms with Crippen LogP contribution in [-0.2, 0) is 6.42 Å². The van der Waals surface area contributed by atoms with Gasteiger partial charge >= 0.3 is 0 Å². The number of carbonyl (C=O) groups excluding carboxylic acids is 1. The molecule has 0 N–H and O–H groups in total. The van der Waals surface area contributed by atoms with Gasteiger partial charge in [-0.15, -0.1) is 11.3 Å². The average molecular weight is 402 g/mol. The molecule has 100 valence electrons. The number of ketones is 1. The molecule has 0 aliphatic rings. The maximum absolute atomic E-state index is 12.2. The Morgan fingerprint density at radius 1 is 1.21 bits per heavy atom. The number of carbonyl (C=O) groups is 1. The first-order valence-electron chi connectivity index (χ1n) is 6.04. The summed E-state index contributed by atoms with van der Waals surface area (Å²) in [6.45, 7) is 4.34. The van der Waals surface area contributed by atoms with Crippen LogP contribution in [0.15, 0.2) is 38.6 Å². The molecule has 19 heavy (non-hydrogen) atoms.